The molecule has 0 fully saturated rings. The Bertz CT molecular complexity index is 821. The number of halogens is 1. The van der Waals surface area contributed by atoms with Crippen molar-refractivity contribution in [1.82, 2.24) is 0 Å². The number of sulfone groups is 1. The zero-order valence-electron chi connectivity index (χ0n) is 11.3. The second-order valence-corrected chi connectivity index (χ2v) is 6.87. The third-order valence-corrected chi connectivity index (χ3v) is 5.20. The summed E-state index contributed by atoms with van der Waals surface area (Å²) in [6.45, 7) is 1.89. The highest BCUT2D eigenvalue weighted by molar-refractivity contribution is 7.95. The Labute approximate surface area is 122 Å². The van der Waals surface area contributed by atoms with Gasteiger partial charge < -0.3 is 4.74 Å². The van der Waals surface area contributed by atoms with Crippen molar-refractivity contribution in [3.05, 3.63) is 64.3 Å². The van der Waals surface area contributed by atoms with Crippen LogP contribution in [0.1, 0.15) is 11.1 Å². The fourth-order valence-corrected chi connectivity index (χ4v) is 3.63. The molecule has 0 unspecified atom stereocenters. The Hall–Kier alpha value is -2.14. The van der Waals surface area contributed by atoms with Crippen molar-refractivity contribution < 1.29 is 17.5 Å². The number of ether oxygens (including phenoxy) is 1. The Morgan fingerprint density at radius 2 is 1.81 bits per heavy atom. The molecular weight excluding hydrogens is 291 g/mol. The van der Waals surface area contributed by atoms with E-state index in [-0.39, 0.29) is 16.4 Å². The van der Waals surface area contributed by atoms with Crippen LogP contribution in [-0.2, 0) is 9.84 Å². The van der Waals surface area contributed by atoms with E-state index in [1.54, 1.807) is 12.1 Å². The number of benzene rings is 2. The van der Waals surface area contributed by atoms with E-state index in [1.165, 1.54) is 18.2 Å². The van der Waals surface area contributed by atoms with Crippen LogP contribution in [0.2, 0.25) is 0 Å². The van der Waals surface area contributed by atoms with Gasteiger partial charge in [-0.05, 0) is 48.9 Å². The van der Waals surface area contributed by atoms with E-state index in [1.807, 2.05) is 19.1 Å². The van der Waals surface area contributed by atoms with Gasteiger partial charge in [0.15, 0.2) is 0 Å². The van der Waals surface area contributed by atoms with Gasteiger partial charge in [0.25, 0.3) is 0 Å². The molecule has 0 radical (unpaired) electrons. The lowest BCUT2D eigenvalue weighted by Gasteiger charge is -2.07. The topological polar surface area (TPSA) is 43.4 Å². The second kappa shape index (κ2) is 5.00. The van der Waals surface area contributed by atoms with Crippen molar-refractivity contribution in [2.75, 3.05) is 6.61 Å². The van der Waals surface area contributed by atoms with Crippen LogP contribution in [0.3, 0.4) is 0 Å². The average molecular weight is 304 g/mol. The normalized spacial score (nSPS) is 15.4. The van der Waals surface area contributed by atoms with Gasteiger partial charge in [-0.15, -0.1) is 0 Å². The number of hydrogen-bond acceptors (Lipinski definition) is 3. The molecule has 5 heteroatoms. The van der Waals surface area contributed by atoms with Crippen LogP contribution >= 0.6 is 0 Å². The highest BCUT2D eigenvalue weighted by Crippen LogP contribution is 2.33. The molecule has 2 aromatic carbocycles. The van der Waals surface area contributed by atoms with Crippen LogP contribution in [0, 0.1) is 12.7 Å². The smallest absolute Gasteiger partial charge is 0.206 e. The molecule has 0 N–H and O–H groups in total. The predicted octanol–water partition coefficient (Wildman–Crippen LogP) is 3.34. The summed E-state index contributed by atoms with van der Waals surface area (Å²) in [5.41, 5.74) is 1.47. The minimum absolute atomic E-state index is 0.0678. The standard InChI is InChI=1S/C16H13FO3S/c1-11-2-5-14(6-3-11)20-10-15-9-12-8-13(17)4-7-16(12)21(15,18)19/h2-9H,10H2,1H3. The van der Waals surface area contributed by atoms with E-state index >= 15 is 0 Å². The molecule has 0 aromatic heterocycles. The molecule has 3 nitrogen and oxygen atoms in total. The minimum atomic E-state index is -3.57. The van der Waals surface area contributed by atoms with Crippen molar-refractivity contribution in [3.63, 3.8) is 0 Å². The van der Waals surface area contributed by atoms with Crippen molar-refractivity contribution in [3.8, 4) is 5.75 Å². The zero-order chi connectivity index (χ0) is 15.0. The van der Waals surface area contributed by atoms with E-state index in [4.69, 9.17) is 4.74 Å². The van der Waals surface area contributed by atoms with Crippen molar-refractivity contribution in [2.45, 2.75) is 11.8 Å². The van der Waals surface area contributed by atoms with Gasteiger partial charge in [-0.3, -0.25) is 0 Å². The Morgan fingerprint density at radius 1 is 1.10 bits per heavy atom. The van der Waals surface area contributed by atoms with Crippen LogP contribution in [0.25, 0.3) is 6.08 Å². The minimum Gasteiger partial charge on any atom is -0.488 e. The molecule has 0 spiro atoms. The highest BCUT2D eigenvalue weighted by Gasteiger charge is 2.30. The van der Waals surface area contributed by atoms with Gasteiger partial charge in [0.05, 0.1) is 9.80 Å². The van der Waals surface area contributed by atoms with Crippen molar-refractivity contribution >= 4 is 15.9 Å². The highest BCUT2D eigenvalue weighted by atomic mass is 32.2. The molecule has 0 bridgehead atoms. The summed E-state index contributed by atoms with van der Waals surface area (Å²) in [6.07, 6.45) is 1.46. The molecule has 0 amide bonds. The third-order valence-electron chi connectivity index (χ3n) is 3.33. The molecule has 2 aromatic rings. The van der Waals surface area contributed by atoms with E-state index < -0.39 is 15.7 Å². The summed E-state index contributed by atoms with van der Waals surface area (Å²) in [6, 6.07) is 11.0. The summed E-state index contributed by atoms with van der Waals surface area (Å²) >= 11 is 0. The first-order chi connectivity index (χ1) is 9.96. The maximum atomic E-state index is 13.2. The molecule has 1 aliphatic heterocycles. The zero-order valence-corrected chi connectivity index (χ0v) is 12.2. The maximum absolute atomic E-state index is 13.2. The summed E-state index contributed by atoms with van der Waals surface area (Å²) in [5.74, 6) is 0.139. The molecule has 1 aliphatic rings. The fraction of sp³-hybridized carbons (Fsp3) is 0.125. The van der Waals surface area contributed by atoms with Gasteiger partial charge in [-0.1, -0.05) is 17.7 Å². The SMILES string of the molecule is Cc1ccc(OCC2=Cc3cc(F)ccc3S2(=O)=O)cc1. The Balaban J connectivity index is 1.84. The van der Waals surface area contributed by atoms with E-state index in [0.717, 1.165) is 11.6 Å². The molecule has 0 aliphatic carbocycles. The quantitative estimate of drug-likeness (QED) is 0.817. The number of rotatable bonds is 3. The second-order valence-electron chi connectivity index (χ2n) is 4.90. The van der Waals surface area contributed by atoms with Crippen LogP contribution in [-0.4, -0.2) is 15.0 Å². The maximum Gasteiger partial charge on any atom is 0.206 e. The average Bonchev–Trinajstić information content (AvgIpc) is 2.69. The number of hydrogen-bond donors (Lipinski definition) is 0. The lowest BCUT2D eigenvalue weighted by Crippen LogP contribution is -2.09. The van der Waals surface area contributed by atoms with Crippen LogP contribution < -0.4 is 4.74 Å². The van der Waals surface area contributed by atoms with Gasteiger partial charge in [0.2, 0.25) is 9.84 Å². The molecule has 0 saturated heterocycles. The van der Waals surface area contributed by atoms with Crippen molar-refractivity contribution in [2.24, 2.45) is 0 Å². The van der Waals surface area contributed by atoms with Crippen molar-refractivity contribution in [1.29, 1.82) is 0 Å². The van der Waals surface area contributed by atoms with Gasteiger partial charge in [0, 0.05) is 0 Å². The summed E-state index contributed by atoms with van der Waals surface area (Å²) in [5, 5.41) is 0. The van der Waals surface area contributed by atoms with E-state index in [2.05, 4.69) is 0 Å². The number of aryl methyl sites for hydroxylation is 1. The molecule has 108 valence electrons. The Morgan fingerprint density at radius 3 is 2.52 bits per heavy atom. The van der Waals surface area contributed by atoms with Crippen LogP contribution in [0.4, 0.5) is 4.39 Å². The van der Waals surface area contributed by atoms with Gasteiger partial charge in [-0.25, -0.2) is 12.8 Å². The molecule has 1 heterocycles. The largest absolute Gasteiger partial charge is 0.488 e. The van der Waals surface area contributed by atoms with Crippen LogP contribution in [0.5, 0.6) is 5.75 Å². The lowest BCUT2D eigenvalue weighted by atomic mass is 10.2. The summed E-state index contributed by atoms with van der Waals surface area (Å²) in [4.78, 5) is 0.273. The first-order valence-electron chi connectivity index (χ1n) is 6.41. The van der Waals surface area contributed by atoms with Crippen LogP contribution in [0.15, 0.2) is 52.3 Å². The molecule has 21 heavy (non-hydrogen) atoms. The van der Waals surface area contributed by atoms with Gasteiger partial charge in [0.1, 0.15) is 18.2 Å². The lowest BCUT2D eigenvalue weighted by molar-refractivity contribution is 0.359. The molecule has 0 saturated carbocycles. The Kier molecular flexibility index (Phi) is 3.29. The first-order valence-corrected chi connectivity index (χ1v) is 7.90. The summed E-state index contributed by atoms with van der Waals surface area (Å²) < 4.78 is 43.3. The van der Waals surface area contributed by atoms with Gasteiger partial charge in [-0.2, -0.15) is 0 Å². The molecule has 3 rings (SSSR count). The third kappa shape index (κ3) is 2.56. The van der Waals surface area contributed by atoms with E-state index in [9.17, 15) is 12.8 Å². The molecular formula is C16H13FO3S. The summed E-state index contributed by atoms with van der Waals surface area (Å²) in [7, 11) is -3.57. The molecule has 0 atom stereocenters. The monoisotopic (exact) mass is 304 g/mol. The fourth-order valence-electron chi connectivity index (χ4n) is 2.18. The number of fused-ring (bicyclic) bond motifs is 1. The first kappa shape index (κ1) is 13.8. The van der Waals surface area contributed by atoms with E-state index in [0.29, 0.717) is 11.3 Å². The predicted molar refractivity (Wildman–Crippen MR) is 78.2 cm³/mol. The van der Waals surface area contributed by atoms with Gasteiger partial charge >= 0.3 is 0 Å².